The lowest BCUT2D eigenvalue weighted by Gasteiger charge is -2.07. The number of hydrogen-bond donors (Lipinski definition) is 2. The van der Waals surface area contributed by atoms with Gasteiger partial charge in [0.25, 0.3) is 0 Å². The van der Waals surface area contributed by atoms with Gasteiger partial charge in [-0.1, -0.05) is 30.7 Å². The number of benzene rings is 1. The van der Waals surface area contributed by atoms with E-state index < -0.39 is 9.84 Å². The number of carbonyl (C=O) groups excluding carboxylic acids is 1. The van der Waals surface area contributed by atoms with Crippen LogP contribution in [0.25, 0.3) is 5.70 Å². The molecule has 0 saturated carbocycles. The molecule has 0 aliphatic carbocycles. The molecular weight excluding hydrogens is 368 g/mol. The first-order valence-corrected chi connectivity index (χ1v) is 11.7. The van der Waals surface area contributed by atoms with E-state index in [9.17, 15) is 13.2 Å². The minimum absolute atomic E-state index is 0.227. The molecule has 0 bridgehead atoms. The van der Waals surface area contributed by atoms with Gasteiger partial charge in [-0.2, -0.15) is 4.83 Å². The third kappa shape index (κ3) is 6.78. The zero-order chi connectivity index (χ0) is 19.0. The Bertz CT molecular complexity index is 726. The number of carbonyl (C=O) groups is 1. The third-order valence-electron chi connectivity index (χ3n) is 4.48. The molecule has 144 valence electrons. The van der Waals surface area contributed by atoms with Crippen molar-refractivity contribution in [2.45, 2.75) is 57.6 Å². The van der Waals surface area contributed by atoms with Crippen LogP contribution < -0.4 is 10.3 Å². The van der Waals surface area contributed by atoms with E-state index in [4.69, 9.17) is 0 Å². The molecule has 26 heavy (non-hydrogen) atoms. The quantitative estimate of drug-likeness (QED) is 0.439. The number of Topliss-reactive ketones (excluding diaryl/α,β-unsaturated/α-hetero) is 1. The maximum absolute atomic E-state index is 12.0. The Morgan fingerprint density at radius 2 is 1.81 bits per heavy atom. The second-order valence-electron chi connectivity index (χ2n) is 6.84. The highest BCUT2D eigenvalue weighted by molar-refractivity contribution is 8.00. The van der Waals surface area contributed by atoms with Crippen LogP contribution in [-0.2, 0) is 21.1 Å². The van der Waals surface area contributed by atoms with Crippen molar-refractivity contribution in [1.82, 2.24) is 10.3 Å². The maximum Gasteiger partial charge on any atom is 0.152 e. The lowest BCUT2D eigenvalue weighted by molar-refractivity contribution is -0.119. The van der Waals surface area contributed by atoms with Gasteiger partial charge >= 0.3 is 0 Å². The molecule has 7 heteroatoms. The molecule has 1 aliphatic heterocycles. The predicted octanol–water partition coefficient (Wildman–Crippen LogP) is 3.63. The summed E-state index contributed by atoms with van der Waals surface area (Å²) < 4.78 is 23.4. The van der Waals surface area contributed by atoms with E-state index in [1.807, 2.05) is 5.41 Å². The summed E-state index contributed by atoms with van der Waals surface area (Å²) >= 11 is 1.51. The molecule has 2 N–H and O–H groups in total. The fourth-order valence-corrected chi connectivity index (χ4v) is 4.26. The van der Waals surface area contributed by atoms with Crippen LogP contribution in [0.2, 0.25) is 0 Å². The summed E-state index contributed by atoms with van der Waals surface area (Å²) in [5.41, 5.74) is 6.40. The number of ketones is 1. The van der Waals surface area contributed by atoms with Gasteiger partial charge < -0.3 is 5.43 Å². The summed E-state index contributed by atoms with van der Waals surface area (Å²) in [4.78, 5) is 15.0. The molecule has 0 radical (unpaired) electrons. The molecule has 0 aromatic heterocycles. The van der Waals surface area contributed by atoms with E-state index in [-0.39, 0.29) is 16.8 Å². The van der Waals surface area contributed by atoms with Gasteiger partial charge in [0.2, 0.25) is 0 Å². The minimum atomic E-state index is -2.95. The lowest BCUT2D eigenvalue weighted by atomic mass is 10.0. The number of unbranched alkanes of at least 4 members (excludes halogenated alkanes) is 2. The van der Waals surface area contributed by atoms with Gasteiger partial charge in [0, 0.05) is 18.2 Å². The predicted molar refractivity (Wildman–Crippen MR) is 109 cm³/mol. The summed E-state index contributed by atoms with van der Waals surface area (Å²) in [6, 6.07) is 8.23. The zero-order valence-corrected chi connectivity index (χ0v) is 17.1. The van der Waals surface area contributed by atoms with Crippen LogP contribution in [0.4, 0.5) is 0 Å². The third-order valence-corrected chi connectivity index (χ3v) is 7.35. The molecule has 0 amide bonds. The molecule has 5 nitrogen and oxygen atoms in total. The van der Waals surface area contributed by atoms with Crippen molar-refractivity contribution < 1.29 is 13.2 Å². The van der Waals surface area contributed by atoms with Crippen LogP contribution in [0.15, 0.2) is 29.7 Å². The fourth-order valence-electron chi connectivity index (χ4n) is 2.64. The van der Waals surface area contributed by atoms with Gasteiger partial charge in [-0.15, -0.1) is 0 Å². The minimum Gasteiger partial charge on any atom is -0.310 e. The number of hydrogen-bond acceptors (Lipinski definition) is 6. The molecule has 0 spiro atoms. The number of rotatable bonds is 11. The van der Waals surface area contributed by atoms with E-state index in [0.717, 1.165) is 36.1 Å². The van der Waals surface area contributed by atoms with E-state index in [0.29, 0.717) is 19.3 Å². The summed E-state index contributed by atoms with van der Waals surface area (Å²) in [5, 5.41) is 1.71. The molecule has 0 saturated heterocycles. The van der Waals surface area contributed by atoms with Gasteiger partial charge in [0.1, 0.15) is 5.78 Å². The number of nitrogens with one attached hydrogen (secondary N) is 2. The average Bonchev–Trinajstić information content (AvgIpc) is 3.14. The number of hydrazine groups is 1. The van der Waals surface area contributed by atoms with E-state index in [2.05, 4.69) is 34.5 Å². The Labute approximate surface area is 161 Å². The summed E-state index contributed by atoms with van der Waals surface area (Å²) in [7, 11) is -2.95. The Morgan fingerprint density at radius 1 is 1.08 bits per heavy atom. The van der Waals surface area contributed by atoms with Gasteiger partial charge in [0.15, 0.2) is 9.84 Å². The Morgan fingerprint density at radius 3 is 2.42 bits per heavy atom. The molecule has 2 rings (SSSR count). The molecule has 1 aliphatic rings. The van der Waals surface area contributed by atoms with E-state index in [1.165, 1.54) is 11.9 Å². The molecule has 1 aromatic rings. The van der Waals surface area contributed by atoms with Crippen LogP contribution in [0.3, 0.4) is 0 Å². The SMILES string of the molecule is CC(C)S(=O)(=O)CCCCCC(=O)CCc1ccc(C2=CSNN2)cc1. The maximum atomic E-state index is 12.0. The fraction of sp³-hybridized carbons (Fsp3) is 0.526. The Hall–Kier alpha value is -1.31. The molecule has 1 heterocycles. The van der Waals surface area contributed by atoms with Crippen LogP contribution in [0.1, 0.15) is 57.1 Å². The molecule has 0 unspecified atom stereocenters. The average molecular weight is 397 g/mol. The van der Waals surface area contributed by atoms with Gasteiger partial charge in [0.05, 0.1) is 16.7 Å². The van der Waals surface area contributed by atoms with Crippen molar-refractivity contribution >= 4 is 33.3 Å². The van der Waals surface area contributed by atoms with Crippen molar-refractivity contribution in [2.75, 3.05) is 5.75 Å². The highest BCUT2D eigenvalue weighted by Crippen LogP contribution is 2.19. The summed E-state index contributed by atoms with van der Waals surface area (Å²) in [5.74, 6) is 0.478. The molecule has 0 fully saturated rings. The topological polar surface area (TPSA) is 75.3 Å². The van der Waals surface area contributed by atoms with Gasteiger partial charge in [-0.25, -0.2) is 8.42 Å². The smallest absolute Gasteiger partial charge is 0.152 e. The Kier molecular flexibility index (Phi) is 8.18. The summed E-state index contributed by atoms with van der Waals surface area (Å²) in [6.07, 6.45) is 4.05. The first-order valence-electron chi connectivity index (χ1n) is 9.08. The number of aryl methyl sites for hydroxylation is 1. The summed E-state index contributed by atoms with van der Waals surface area (Å²) in [6.45, 7) is 3.42. The second kappa shape index (κ2) is 10.1. The van der Waals surface area contributed by atoms with Crippen LogP contribution in [-0.4, -0.2) is 25.2 Å². The largest absolute Gasteiger partial charge is 0.310 e. The first kappa shape index (κ1) is 21.0. The van der Waals surface area contributed by atoms with Crippen LogP contribution >= 0.6 is 11.9 Å². The lowest BCUT2D eigenvalue weighted by Crippen LogP contribution is -2.17. The zero-order valence-electron chi connectivity index (χ0n) is 15.5. The second-order valence-corrected chi connectivity index (χ2v) is 10.2. The Balaban J connectivity index is 1.63. The van der Waals surface area contributed by atoms with Crippen LogP contribution in [0, 0.1) is 0 Å². The molecular formula is C19H28N2O3S2. The first-order chi connectivity index (χ1) is 12.4. The van der Waals surface area contributed by atoms with Gasteiger partial charge in [-0.05, 0) is 56.2 Å². The van der Waals surface area contributed by atoms with Gasteiger partial charge in [-0.3, -0.25) is 4.79 Å². The van der Waals surface area contributed by atoms with Crippen molar-refractivity contribution in [3.05, 3.63) is 40.8 Å². The monoisotopic (exact) mass is 396 g/mol. The van der Waals surface area contributed by atoms with Crippen molar-refractivity contribution in [3.63, 3.8) is 0 Å². The van der Waals surface area contributed by atoms with Crippen molar-refractivity contribution in [3.8, 4) is 0 Å². The van der Waals surface area contributed by atoms with E-state index in [1.54, 1.807) is 13.8 Å². The highest BCUT2D eigenvalue weighted by Gasteiger charge is 2.15. The molecule has 1 aromatic carbocycles. The normalized spacial score (nSPS) is 14.3. The highest BCUT2D eigenvalue weighted by atomic mass is 32.2. The van der Waals surface area contributed by atoms with Crippen molar-refractivity contribution in [2.24, 2.45) is 0 Å². The van der Waals surface area contributed by atoms with E-state index >= 15 is 0 Å². The number of sulfone groups is 1. The standard InChI is InChI=1S/C19H28N2O3S2/c1-15(2)26(23,24)13-5-3-4-6-18(22)12-9-16-7-10-17(11-8-16)19-14-25-21-20-19/h7-8,10-11,14-15,20-21H,3-6,9,12-13H2,1-2H3. The molecule has 0 atom stereocenters. The van der Waals surface area contributed by atoms with Crippen LogP contribution in [0.5, 0.6) is 0 Å². The van der Waals surface area contributed by atoms with Crippen molar-refractivity contribution in [1.29, 1.82) is 0 Å².